The molecule has 0 spiro atoms. The zero-order valence-electron chi connectivity index (χ0n) is 12.4. The minimum Gasteiger partial charge on any atom is -0.352 e. The van der Waals surface area contributed by atoms with Crippen LogP contribution in [0.1, 0.15) is 37.3 Å². The van der Waals surface area contributed by atoms with E-state index < -0.39 is 0 Å². The molecule has 2 aromatic heterocycles. The molecule has 110 valence electrons. The second-order valence-corrected chi connectivity index (χ2v) is 5.52. The summed E-state index contributed by atoms with van der Waals surface area (Å²) in [5.74, 6) is 0. The monoisotopic (exact) mass is 300 g/mol. The van der Waals surface area contributed by atoms with Crippen LogP contribution < -0.4 is 5.32 Å². The number of thiocarbonyl (C=S) groups is 1. The smallest absolute Gasteiger partial charge is 0.170 e. The van der Waals surface area contributed by atoms with E-state index in [0.717, 1.165) is 23.9 Å². The molecule has 1 N–H and O–H groups in total. The summed E-state index contributed by atoms with van der Waals surface area (Å²) in [6.45, 7) is 6.14. The van der Waals surface area contributed by atoms with Crippen LogP contribution in [-0.2, 0) is 6.54 Å². The lowest BCUT2D eigenvalue weighted by molar-refractivity contribution is 0.315. The number of nitrogens with zero attached hydrogens (tertiary/aromatic N) is 3. The number of pyridine rings is 1. The topological polar surface area (TPSA) is 33.1 Å². The van der Waals surface area contributed by atoms with Crippen LogP contribution in [0.15, 0.2) is 42.7 Å². The fraction of sp³-hybridized carbons (Fsp3) is 0.375. The summed E-state index contributed by atoms with van der Waals surface area (Å²) in [7, 11) is 0. The van der Waals surface area contributed by atoms with Crippen molar-refractivity contribution in [2.75, 3.05) is 6.54 Å². The third-order valence-corrected chi connectivity index (χ3v) is 4.40. The van der Waals surface area contributed by atoms with Gasteiger partial charge in [0.15, 0.2) is 5.11 Å². The molecule has 1 fully saturated rings. The van der Waals surface area contributed by atoms with Gasteiger partial charge in [0.1, 0.15) is 0 Å². The van der Waals surface area contributed by atoms with E-state index in [-0.39, 0.29) is 12.1 Å². The summed E-state index contributed by atoms with van der Waals surface area (Å²) >= 11 is 5.52. The first kappa shape index (κ1) is 14.1. The third-order valence-electron chi connectivity index (χ3n) is 4.05. The Morgan fingerprint density at radius 1 is 1.19 bits per heavy atom. The van der Waals surface area contributed by atoms with Gasteiger partial charge in [-0.2, -0.15) is 0 Å². The van der Waals surface area contributed by atoms with Gasteiger partial charge < -0.3 is 14.8 Å². The zero-order valence-corrected chi connectivity index (χ0v) is 13.2. The van der Waals surface area contributed by atoms with Gasteiger partial charge in [0, 0.05) is 31.2 Å². The Labute approximate surface area is 130 Å². The first-order valence-electron chi connectivity index (χ1n) is 7.39. The van der Waals surface area contributed by atoms with Gasteiger partial charge in [-0.25, -0.2) is 0 Å². The molecule has 1 saturated heterocycles. The van der Waals surface area contributed by atoms with Crippen LogP contribution in [0.3, 0.4) is 0 Å². The molecule has 3 rings (SSSR count). The van der Waals surface area contributed by atoms with Gasteiger partial charge >= 0.3 is 0 Å². The molecule has 0 radical (unpaired) electrons. The fourth-order valence-electron chi connectivity index (χ4n) is 3.05. The summed E-state index contributed by atoms with van der Waals surface area (Å²) in [6.07, 6.45) is 3.96. The predicted octanol–water partition coefficient (Wildman–Crippen LogP) is 2.90. The van der Waals surface area contributed by atoms with Crippen LogP contribution in [0.5, 0.6) is 0 Å². The molecule has 21 heavy (non-hydrogen) atoms. The van der Waals surface area contributed by atoms with Gasteiger partial charge in [-0.1, -0.05) is 6.07 Å². The first-order valence-corrected chi connectivity index (χ1v) is 7.80. The highest BCUT2D eigenvalue weighted by atomic mass is 32.1. The molecule has 0 bridgehead atoms. The van der Waals surface area contributed by atoms with Gasteiger partial charge in [0.25, 0.3) is 0 Å². The third kappa shape index (κ3) is 2.42. The molecule has 0 aliphatic carbocycles. The largest absolute Gasteiger partial charge is 0.352 e. The Morgan fingerprint density at radius 2 is 2.05 bits per heavy atom. The van der Waals surface area contributed by atoms with Crippen molar-refractivity contribution in [2.24, 2.45) is 0 Å². The van der Waals surface area contributed by atoms with E-state index in [4.69, 9.17) is 12.2 Å². The molecule has 1 aliphatic rings. The van der Waals surface area contributed by atoms with Crippen molar-refractivity contribution in [1.29, 1.82) is 0 Å². The number of hydrogen-bond donors (Lipinski definition) is 1. The Hall–Kier alpha value is -1.88. The average Bonchev–Trinajstić information content (AvgIpc) is 3.11. The minimum absolute atomic E-state index is 0.0962. The molecule has 1 aliphatic heterocycles. The normalized spacial score (nSPS) is 21.6. The number of rotatable bonds is 4. The summed E-state index contributed by atoms with van der Waals surface area (Å²) in [5, 5.41) is 4.25. The molecular formula is C16H20N4S. The fourth-order valence-corrected chi connectivity index (χ4v) is 3.42. The van der Waals surface area contributed by atoms with Crippen molar-refractivity contribution in [3.63, 3.8) is 0 Å². The van der Waals surface area contributed by atoms with Gasteiger partial charge in [-0.05, 0) is 50.3 Å². The molecule has 2 aromatic rings. The van der Waals surface area contributed by atoms with Crippen LogP contribution in [-0.4, -0.2) is 26.1 Å². The Morgan fingerprint density at radius 3 is 2.71 bits per heavy atom. The molecule has 3 heterocycles. The van der Waals surface area contributed by atoms with Crippen molar-refractivity contribution >= 4 is 17.3 Å². The summed E-state index contributed by atoms with van der Waals surface area (Å²) in [5.41, 5.74) is 2.31. The van der Waals surface area contributed by atoms with Crippen LogP contribution in [0.2, 0.25) is 0 Å². The van der Waals surface area contributed by atoms with Crippen LogP contribution >= 0.6 is 12.2 Å². The first-order chi connectivity index (χ1) is 10.3. The Bertz CT molecular complexity index is 622. The van der Waals surface area contributed by atoms with Gasteiger partial charge in [-0.3, -0.25) is 4.98 Å². The van der Waals surface area contributed by atoms with Gasteiger partial charge in [0.2, 0.25) is 0 Å². The Balaban J connectivity index is 2.05. The number of hydrogen-bond acceptors (Lipinski definition) is 2. The average molecular weight is 300 g/mol. The number of aryl methyl sites for hydroxylation is 1. The minimum atomic E-state index is 0.0962. The van der Waals surface area contributed by atoms with E-state index in [9.17, 15) is 0 Å². The highest BCUT2D eigenvalue weighted by Crippen LogP contribution is 2.38. The molecule has 0 saturated carbocycles. The molecular weight excluding hydrogens is 280 g/mol. The second-order valence-electron chi connectivity index (χ2n) is 5.13. The highest BCUT2D eigenvalue weighted by Gasteiger charge is 2.40. The SMILES string of the molecule is CCN1C(=S)N[C@@H](c2ccccn2)[C@@H]1c1cccn1CC. The van der Waals surface area contributed by atoms with E-state index in [1.54, 1.807) is 0 Å². The molecule has 0 amide bonds. The Kier molecular flexibility index (Phi) is 3.92. The zero-order chi connectivity index (χ0) is 14.8. The van der Waals surface area contributed by atoms with E-state index in [0.29, 0.717) is 0 Å². The van der Waals surface area contributed by atoms with Crippen LogP contribution in [0.25, 0.3) is 0 Å². The summed E-state index contributed by atoms with van der Waals surface area (Å²) in [6, 6.07) is 10.6. The standard InChI is InChI=1S/C16H20N4S/c1-3-19-11-7-9-13(19)15-14(12-8-5-6-10-17-12)18-16(21)20(15)4-2/h5-11,14-15H,3-4H2,1-2H3,(H,18,21)/t14-,15-/m0/s1. The van der Waals surface area contributed by atoms with Gasteiger partial charge in [0.05, 0.1) is 17.8 Å². The highest BCUT2D eigenvalue weighted by molar-refractivity contribution is 7.80. The van der Waals surface area contributed by atoms with E-state index >= 15 is 0 Å². The molecule has 0 unspecified atom stereocenters. The number of nitrogens with one attached hydrogen (secondary N) is 1. The molecule has 4 nitrogen and oxygen atoms in total. The summed E-state index contributed by atoms with van der Waals surface area (Å²) < 4.78 is 2.28. The lowest BCUT2D eigenvalue weighted by Gasteiger charge is -2.27. The molecule has 2 atom stereocenters. The maximum atomic E-state index is 5.52. The van der Waals surface area contributed by atoms with Crippen molar-refractivity contribution in [3.8, 4) is 0 Å². The lowest BCUT2D eigenvalue weighted by atomic mass is 10.0. The lowest BCUT2D eigenvalue weighted by Crippen LogP contribution is -2.30. The second kappa shape index (κ2) is 5.85. The van der Waals surface area contributed by atoms with Crippen molar-refractivity contribution in [2.45, 2.75) is 32.5 Å². The summed E-state index contributed by atoms with van der Waals surface area (Å²) in [4.78, 5) is 6.77. The van der Waals surface area contributed by atoms with Crippen molar-refractivity contribution < 1.29 is 0 Å². The van der Waals surface area contributed by atoms with E-state index in [2.05, 4.69) is 58.0 Å². The van der Waals surface area contributed by atoms with Crippen LogP contribution in [0, 0.1) is 0 Å². The van der Waals surface area contributed by atoms with E-state index in [1.165, 1.54) is 5.69 Å². The molecule has 5 heteroatoms. The number of likely N-dealkylation sites (N-methyl/N-ethyl adjacent to an activating group) is 1. The maximum absolute atomic E-state index is 5.52. The van der Waals surface area contributed by atoms with Crippen molar-refractivity contribution in [1.82, 2.24) is 19.8 Å². The predicted molar refractivity (Wildman–Crippen MR) is 87.9 cm³/mol. The quantitative estimate of drug-likeness (QED) is 0.880. The van der Waals surface area contributed by atoms with E-state index in [1.807, 2.05) is 18.3 Å². The van der Waals surface area contributed by atoms with Crippen LogP contribution in [0.4, 0.5) is 0 Å². The number of aromatic nitrogens is 2. The maximum Gasteiger partial charge on any atom is 0.170 e. The van der Waals surface area contributed by atoms with Crippen molar-refractivity contribution in [3.05, 3.63) is 54.1 Å². The molecule has 0 aromatic carbocycles. The van der Waals surface area contributed by atoms with Gasteiger partial charge in [-0.15, -0.1) is 0 Å².